The molecule has 0 aromatic heterocycles. The molecule has 2 rings (SSSR count). The summed E-state index contributed by atoms with van der Waals surface area (Å²) in [6.45, 7) is 6.99. The minimum absolute atomic E-state index is 0.197. The van der Waals surface area contributed by atoms with Gasteiger partial charge in [-0.25, -0.2) is 0 Å². The number of hydrogen-bond donors (Lipinski definition) is 1. The Morgan fingerprint density at radius 3 is 2.67 bits per heavy atom. The van der Waals surface area contributed by atoms with E-state index < -0.39 is 0 Å². The molecule has 0 radical (unpaired) electrons. The number of piperidine rings is 1. The second-order valence-electron chi connectivity index (χ2n) is 5.76. The number of ether oxygens (including phenoxy) is 1. The van der Waals surface area contributed by atoms with E-state index in [1.807, 2.05) is 12.1 Å². The molecule has 1 fully saturated rings. The topological polar surface area (TPSA) is 38.5 Å². The van der Waals surface area contributed by atoms with Gasteiger partial charge in [0.05, 0.1) is 16.8 Å². The average molecular weight is 311 g/mol. The maximum absolute atomic E-state index is 6.47. The summed E-state index contributed by atoms with van der Waals surface area (Å²) in [6.07, 6.45) is 4.40. The van der Waals surface area contributed by atoms with Crippen LogP contribution in [0.2, 0.25) is 5.02 Å². The zero-order valence-corrected chi connectivity index (χ0v) is 13.9. The Morgan fingerprint density at radius 1 is 1.33 bits per heavy atom. The van der Waals surface area contributed by atoms with Gasteiger partial charge in [0.2, 0.25) is 0 Å². The fourth-order valence-corrected chi connectivity index (χ4v) is 3.30. The van der Waals surface area contributed by atoms with Crippen LogP contribution in [-0.2, 0) is 11.2 Å². The van der Waals surface area contributed by atoms with Gasteiger partial charge in [0.15, 0.2) is 0 Å². The van der Waals surface area contributed by atoms with Crippen molar-refractivity contribution in [1.82, 2.24) is 0 Å². The molecule has 0 bridgehead atoms. The Morgan fingerprint density at radius 2 is 2.05 bits per heavy atom. The first kappa shape index (κ1) is 16.6. The molecule has 1 aromatic rings. The van der Waals surface area contributed by atoms with Crippen molar-refractivity contribution in [2.75, 3.05) is 24.6 Å². The quantitative estimate of drug-likeness (QED) is 0.872. The highest BCUT2D eigenvalue weighted by atomic mass is 35.5. The van der Waals surface area contributed by atoms with Gasteiger partial charge in [-0.1, -0.05) is 30.7 Å². The number of nitrogens with two attached hydrogens (primary N) is 1. The maximum Gasteiger partial charge on any atom is 0.0642 e. The summed E-state index contributed by atoms with van der Waals surface area (Å²) in [5.74, 6) is 0. The van der Waals surface area contributed by atoms with E-state index >= 15 is 0 Å². The Bertz CT molecular complexity index is 444. The maximum atomic E-state index is 6.47. The number of hydrogen-bond acceptors (Lipinski definition) is 3. The van der Waals surface area contributed by atoms with Crippen LogP contribution in [-0.4, -0.2) is 31.8 Å². The van der Waals surface area contributed by atoms with Gasteiger partial charge < -0.3 is 15.4 Å². The third-order valence-electron chi connectivity index (χ3n) is 4.24. The molecule has 2 N–H and O–H groups in total. The molecule has 3 nitrogen and oxygen atoms in total. The van der Waals surface area contributed by atoms with Gasteiger partial charge in [-0.2, -0.15) is 0 Å². The molecule has 0 spiro atoms. The molecule has 118 valence electrons. The van der Waals surface area contributed by atoms with E-state index in [0.717, 1.165) is 50.4 Å². The van der Waals surface area contributed by atoms with Crippen LogP contribution in [0.15, 0.2) is 18.2 Å². The average Bonchev–Trinajstić information content (AvgIpc) is 2.49. The van der Waals surface area contributed by atoms with Gasteiger partial charge in [-0.15, -0.1) is 0 Å². The van der Waals surface area contributed by atoms with Crippen molar-refractivity contribution in [2.45, 2.75) is 51.7 Å². The zero-order valence-electron chi connectivity index (χ0n) is 13.1. The predicted molar refractivity (Wildman–Crippen MR) is 90.3 cm³/mol. The van der Waals surface area contributed by atoms with Crippen LogP contribution in [0, 0.1) is 0 Å². The van der Waals surface area contributed by atoms with E-state index in [9.17, 15) is 0 Å². The Kier molecular flexibility index (Phi) is 6.34. The van der Waals surface area contributed by atoms with E-state index in [1.54, 1.807) is 0 Å². The van der Waals surface area contributed by atoms with Crippen LogP contribution in [0.5, 0.6) is 0 Å². The van der Waals surface area contributed by atoms with Crippen molar-refractivity contribution < 1.29 is 4.74 Å². The molecule has 1 atom stereocenters. The molecular weight excluding hydrogens is 284 g/mol. The SMILES string of the molecule is CCOC1CCN(c2c(Cl)cccc2CC(N)CC)CC1. The summed E-state index contributed by atoms with van der Waals surface area (Å²) in [7, 11) is 0. The Balaban J connectivity index is 2.12. The predicted octanol–water partition coefficient (Wildman–Crippen LogP) is 3.63. The van der Waals surface area contributed by atoms with Crippen molar-refractivity contribution in [1.29, 1.82) is 0 Å². The molecule has 0 aliphatic carbocycles. The van der Waals surface area contributed by atoms with E-state index in [2.05, 4.69) is 24.8 Å². The normalized spacial score (nSPS) is 18.0. The molecule has 1 aliphatic heterocycles. The molecule has 21 heavy (non-hydrogen) atoms. The minimum Gasteiger partial charge on any atom is -0.378 e. The number of para-hydroxylation sites is 1. The number of anilines is 1. The largest absolute Gasteiger partial charge is 0.378 e. The lowest BCUT2D eigenvalue weighted by Gasteiger charge is -2.35. The van der Waals surface area contributed by atoms with Gasteiger partial charge in [0.1, 0.15) is 0 Å². The van der Waals surface area contributed by atoms with Crippen molar-refractivity contribution in [2.24, 2.45) is 5.73 Å². The van der Waals surface area contributed by atoms with Crippen molar-refractivity contribution in [3.05, 3.63) is 28.8 Å². The van der Waals surface area contributed by atoms with Crippen LogP contribution in [0.3, 0.4) is 0 Å². The van der Waals surface area contributed by atoms with Crippen LogP contribution in [0.1, 0.15) is 38.7 Å². The number of benzene rings is 1. The first-order chi connectivity index (χ1) is 10.2. The van der Waals surface area contributed by atoms with Gasteiger partial charge in [-0.3, -0.25) is 0 Å². The van der Waals surface area contributed by atoms with Crippen molar-refractivity contribution >= 4 is 17.3 Å². The number of halogens is 1. The second-order valence-corrected chi connectivity index (χ2v) is 6.17. The standard InChI is InChI=1S/C17H27ClN2O/c1-3-14(19)12-13-6-5-7-16(18)17(13)20-10-8-15(9-11-20)21-4-2/h5-7,14-15H,3-4,8-12,19H2,1-2H3. The highest BCUT2D eigenvalue weighted by molar-refractivity contribution is 6.33. The highest BCUT2D eigenvalue weighted by Crippen LogP contribution is 2.33. The molecule has 0 saturated carbocycles. The minimum atomic E-state index is 0.197. The summed E-state index contributed by atoms with van der Waals surface area (Å²) in [5.41, 5.74) is 8.58. The highest BCUT2D eigenvalue weighted by Gasteiger charge is 2.23. The third-order valence-corrected chi connectivity index (χ3v) is 4.54. The van der Waals surface area contributed by atoms with E-state index in [0.29, 0.717) is 6.10 Å². The van der Waals surface area contributed by atoms with Gasteiger partial charge in [-0.05, 0) is 44.2 Å². The van der Waals surface area contributed by atoms with Gasteiger partial charge in [0.25, 0.3) is 0 Å². The van der Waals surface area contributed by atoms with Gasteiger partial charge >= 0.3 is 0 Å². The van der Waals surface area contributed by atoms with Crippen molar-refractivity contribution in [3.8, 4) is 0 Å². The molecule has 1 saturated heterocycles. The monoisotopic (exact) mass is 310 g/mol. The van der Waals surface area contributed by atoms with E-state index in [1.165, 1.54) is 11.3 Å². The summed E-state index contributed by atoms with van der Waals surface area (Å²) >= 11 is 6.47. The summed E-state index contributed by atoms with van der Waals surface area (Å²) in [4.78, 5) is 2.40. The first-order valence-corrected chi connectivity index (χ1v) is 8.43. The molecule has 4 heteroatoms. The lowest BCUT2D eigenvalue weighted by Crippen LogP contribution is -2.38. The number of nitrogens with zero attached hydrogens (tertiary/aromatic N) is 1. The van der Waals surface area contributed by atoms with E-state index in [-0.39, 0.29) is 6.04 Å². The molecule has 1 aliphatic rings. The molecule has 1 unspecified atom stereocenters. The first-order valence-electron chi connectivity index (χ1n) is 8.05. The summed E-state index contributed by atoms with van der Waals surface area (Å²) < 4.78 is 5.73. The van der Waals surface area contributed by atoms with Crippen LogP contribution in [0.4, 0.5) is 5.69 Å². The zero-order chi connectivity index (χ0) is 15.2. The summed E-state index contributed by atoms with van der Waals surface area (Å²) in [5, 5.41) is 0.839. The van der Waals surface area contributed by atoms with E-state index in [4.69, 9.17) is 22.1 Å². The molecule has 1 heterocycles. The fraction of sp³-hybridized carbons (Fsp3) is 0.647. The van der Waals surface area contributed by atoms with Crippen LogP contribution >= 0.6 is 11.6 Å². The molecule has 1 aromatic carbocycles. The second kappa shape index (κ2) is 8.02. The Labute approximate surface area is 133 Å². The van der Waals surface area contributed by atoms with Crippen LogP contribution in [0.25, 0.3) is 0 Å². The van der Waals surface area contributed by atoms with Gasteiger partial charge in [0, 0.05) is 25.7 Å². The Hall–Kier alpha value is -0.770. The summed E-state index contributed by atoms with van der Waals surface area (Å²) in [6, 6.07) is 6.36. The molecule has 0 amide bonds. The fourth-order valence-electron chi connectivity index (χ4n) is 2.99. The number of rotatable bonds is 6. The van der Waals surface area contributed by atoms with Crippen LogP contribution < -0.4 is 10.6 Å². The smallest absolute Gasteiger partial charge is 0.0642 e. The molecular formula is C17H27ClN2O. The lowest BCUT2D eigenvalue weighted by molar-refractivity contribution is 0.0459. The third kappa shape index (κ3) is 4.35. The lowest BCUT2D eigenvalue weighted by atomic mass is 10.00. The van der Waals surface area contributed by atoms with Crippen molar-refractivity contribution in [3.63, 3.8) is 0 Å².